The lowest BCUT2D eigenvalue weighted by molar-refractivity contribution is -0.258. The van der Waals surface area contributed by atoms with Crippen LogP contribution in [0.1, 0.15) is 5.56 Å². The van der Waals surface area contributed by atoms with Gasteiger partial charge in [0.05, 0.1) is 12.7 Å². The SMILES string of the molecule is COC(=O)C(NC(=O)Nc1ccc(C(F)(F)F)cc1)(Oc1ccccc1)C(F)(F)F. The number of hydrogen-bond donors (Lipinski definition) is 2. The number of benzene rings is 2. The Kier molecular flexibility index (Phi) is 6.48. The van der Waals surface area contributed by atoms with Gasteiger partial charge in [0, 0.05) is 5.69 Å². The van der Waals surface area contributed by atoms with E-state index in [0.29, 0.717) is 19.2 Å². The van der Waals surface area contributed by atoms with Crippen LogP contribution in [0.5, 0.6) is 5.75 Å². The van der Waals surface area contributed by atoms with E-state index < -0.39 is 41.4 Å². The molecule has 1 atom stereocenters. The molecule has 2 aromatic rings. The van der Waals surface area contributed by atoms with Crippen molar-refractivity contribution in [3.05, 3.63) is 60.2 Å². The van der Waals surface area contributed by atoms with E-state index in [2.05, 4.69) is 4.74 Å². The number of carbonyl (C=O) groups is 2. The summed E-state index contributed by atoms with van der Waals surface area (Å²) in [5.41, 5.74) is -5.21. The molecule has 0 aliphatic carbocycles. The molecule has 0 saturated carbocycles. The number of esters is 1. The van der Waals surface area contributed by atoms with Gasteiger partial charge in [0.15, 0.2) is 0 Å². The van der Waals surface area contributed by atoms with Gasteiger partial charge in [-0.1, -0.05) is 18.2 Å². The molecule has 6 nitrogen and oxygen atoms in total. The first-order chi connectivity index (χ1) is 13.9. The van der Waals surface area contributed by atoms with Gasteiger partial charge in [0.1, 0.15) is 5.75 Å². The summed E-state index contributed by atoms with van der Waals surface area (Å²) in [4.78, 5) is 24.1. The van der Waals surface area contributed by atoms with Crippen LogP contribution in [0.15, 0.2) is 54.6 Å². The van der Waals surface area contributed by atoms with Crippen molar-refractivity contribution in [2.45, 2.75) is 18.1 Å². The fraction of sp³-hybridized carbons (Fsp3) is 0.222. The standard InChI is InChI=1S/C18H14F6N2O4/c1-29-14(27)16(18(22,23)24,30-13-5-3-2-4-6-13)26-15(28)25-12-9-7-11(8-10-12)17(19,20)21/h2-10H,1H3,(H2,25,26,28). The van der Waals surface area contributed by atoms with Crippen LogP contribution >= 0.6 is 0 Å². The number of urea groups is 1. The molecule has 0 radical (unpaired) electrons. The van der Waals surface area contributed by atoms with Gasteiger partial charge in [-0.15, -0.1) is 0 Å². The number of ether oxygens (including phenoxy) is 2. The molecule has 2 N–H and O–H groups in total. The van der Waals surface area contributed by atoms with Crippen molar-refractivity contribution in [1.82, 2.24) is 5.32 Å². The molecule has 2 aromatic carbocycles. The molecule has 0 bridgehead atoms. The monoisotopic (exact) mass is 436 g/mol. The quantitative estimate of drug-likeness (QED) is 0.416. The summed E-state index contributed by atoms with van der Waals surface area (Å²) in [6.45, 7) is 0. The second-order valence-electron chi connectivity index (χ2n) is 5.74. The summed E-state index contributed by atoms with van der Waals surface area (Å²) in [6.07, 6.45) is -10.1. The van der Waals surface area contributed by atoms with Crippen molar-refractivity contribution in [3.63, 3.8) is 0 Å². The minimum absolute atomic E-state index is 0.263. The molecule has 1 unspecified atom stereocenters. The van der Waals surface area contributed by atoms with Gasteiger partial charge in [0.2, 0.25) is 0 Å². The smallest absolute Gasteiger partial charge is 0.460 e. The third kappa shape index (κ3) is 5.13. The predicted molar refractivity (Wildman–Crippen MR) is 91.5 cm³/mol. The van der Waals surface area contributed by atoms with Gasteiger partial charge in [-0.25, -0.2) is 9.59 Å². The molecule has 2 amide bonds. The maximum Gasteiger partial charge on any atom is 0.460 e. The van der Waals surface area contributed by atoms with Crippen LogP contribution < -0.4 is 15.4 Å². The molecular weight excluding hydrogens is 422 g/mol. The van der Waals surface area contributed by atoms with Crippen LogP contribution in [-0.4, -0.2) is 31.0 Å². The highest BCUT2D eigenvalue weighted by molar-refractivity contribution is 5.94. The van der Waals surface area contributed by atoms with Crippen molar-refractivity contribution < 1.29 is 45.4 Å². The van der Waals surface area contributed by atoms with E-state index in [1.807, 2.05) is 5.32 Å². The fourth-order valence-corrected chi connectivity index (χ4v) is 2.24. The third-order valence-electron chi connectivity index (χ3n) is 3.65. The van der Waals surface area contributed by atoms with E-state index in [4.69, 9.17) is 4.74 Å². The number of methoxy groups -OCH3 is 1. The van der Waals surface area contributed by atoms with Gasteiger partial charge >= 0.3 is 30.1 Å². The Morgan fingerprint density at radius 3 is 1.90 bits per heavy atom. The molecule has 0 spiro atoms. The highest BCUT2D eigenvalue weighted by Gasteiger charge is 2.66. The van der Waals surface area contributed by atoms with Gasteiger partial charge < -0.3 is 14.8 Å². The van der Waals surface area contributed by atoms with E-state index in [1.54, 1.807) is 0 Å². The first-order valence-corrected chi connectivity index (χ1v) is 8.04. The Morgan fingerprint density at radius 2 is 1.43 bits per heavy atom. The summed E-state index contributed by atoms with van der Waals surface area (Å²) in [5, 5.41) is 3.28. The largest absolute Gasteiger partial charge is 0.464 e. The first-order valence-electron chi connectivity index (χ1n) is 8.04. The minimum Gasteiger partial charge on any atom is -0.464 e. The van der Waals surface area contributed by atoms with Crippen molar-refractivity contribution >= 4 is 17.7 Å². The van der Waals surface area contributed by atoms with Crippen molar-refractivity contribution in [2.75, 3.05) is 12.4 Å². The number of nitrogens with one attached hydrogen (secondary N) is 2. The molecule has 12 heteroatoms. The number of amides is 2. The Hall–Kier alpha value is -3.44. The Labute approximate surface area is 165 Å². The number of carbonyl (C=O) groups excluding carboxylic acids is 2. The molecule has 0 heterocycles. The molecule has 162 valence electrons. The molecular formula is C18H14F6N2O4. The maximum atomic E-state index is 13.8. The average Bonchev–Trinajstić information content (AvgIpc) is 2.66. The van der Waals surface area contributed by atoms with Crippen molar-refractivity contribution in [1.29, 1.82) is 0 Å². The van der Waals surface area contributed by atoms with E-state index >= 15 is 0 Å². The Bertz CT molecular complexity index is 884. The normalized spacial score (nSPS) is 13.7. The number of anilines is 1. The Morgan fingerprint density at radius 1 is 0.867 bits per heavy atom. The van der Waals surface area contributed by atoms with Crippen molar-refractivity contribution in [2.24, 2.45) is 0 Å². The lowest BCUT2D eigenvalue weighted by Crippen LogP contribution is -2.68. The summed E-state index contributed by atoms with van der Waals surface area (Å²) < 4.78 is 88.0. The zero-order chi connectivity index (χ0) is 22.6. The van der Waals surface area contributed by atoms with Gasteiger partial charge in [0.25, 0.3) is 0 Å². The van der Waals surface area contributed by atoms with Gasteiger partial charge in [-0.3, -0.25) is 5.32 Å². The average molecular weight is 436 g/mol. The molecule has 30 heavy (non-hydrogen) atoms. The van der Waals surface area contributed by atoms with Crippen LogP contribution in [0.4, 0.5) is 36.8 Å². The van der Waals surface area contributed by atoms with Crippen LogP contribution in [0.2, 0.25) is 0 Å². The third-order valence-corrected chi connectivity index (χ3v) is 3.65. The van der Waals surface area contributed by atoms with E-state index in [-0.39, 0.29) is 5.69 Å². The number of halogens is 6. The lowest BCUT2D eigenvalue weighted by Gasteiger charge is -2.33. The summed E-state index contributed by atoms with van der Waals surface area (Å²) in [7, 11) is 0.659. The maximum absolute atomic E-state index is 13.8. The Balaban J connectivity index is 2.30. The lowest BCUT2D eigenvalue weighted by atomic mass is 10.2. The van der Waals surface area contributed by atoms with Crippen LogP contribution in [0.25, 0.3) is 0 Å². The zero-order valence-electron chi connectivity index (χ0n) is 15.1. The van der Waals surface area contributed by atoms with Gasteiger partial charge in [-0.05, 0) is 36.4 Å². The number of para-hydroxylation sites is 1. The molecule has 0 aliphatic heterocycles. The molecule has 0 aliphatic rings. The van der Waals surface area contributed by atoms with E-state index in [0.717, 1.165) is 24.3 Å². The van der Waals surface area contributed by atoms with E-state index in [9.17, 15) is 35.9 Å². The number of hydrogen-bond acceptors (Lipinski definition) is 4. The topological polar surface area (TPSA) is 76.7 Å². The van der Waals surface area contributed by atoms with Gasteiger partial charge in [-0.2, -0.15) is 26.3 Å². The highest BCUT2D eigenvalue weighted by Crippen LogP contribution is 2.34. The predicted octanol–water partition coefficient (Wildman–Crippen LogP) is 4.34. The first kappa shape index (κ1) is 22.8. The fourth-order valence-electron chi connectivity index (χ4n) is 2.24. The van der Waals surface area contributed by atoms with Crippen LogP contribution in [-0.2, 0) is 15.7 Å². The second kappa shape index (κ2) is 8.51. The summed E-state index contributed by atoms with van der Waals surface area (Å²) >= 11 is 0. The highest BCUT2D eigenvalue weighted by atomic mass is 19.4. The number of alkyl halides is 6. The summed E-state index contributed by atoms with van der Waals surface area (Å²) in [6, 6.07) is 7.67. The second-order valence-corrected chi connectivity index (χ2v) is 5.74. The molecule has 2 rings (SSSR count). The van der Waals surface area contributed by atoms with Crippen molar-refractivity contribution in [3.8, 4) is 5.75 Å². The van der Waals surface area contributed by atoms with Crippen LogP contribution in [0, 0.1) is 0 Å². The summed E-state index contributed by atoms with van der Waals surface area (Å²) in [5.74, 6) is -2.38. The minimum atomic E-state index is -5.46. The molecule has 0 aromatic heterocycles. The van der Waals surface area contributed by atoms with Crippen LogP contribution in [0.3, 0.4) is 0 Å². The number of rotatable bonds is 5. The zero-order valence-corrected chi connectivity index (χ0v) is 15.1. The molecule has 0 fully saturated rings. The molecule has 0 saturated heterocycles. The van der Waals surface area contributed by atoms with E-state index in [1.165, 1.54) is 23.5 Å².